The van der Waals surface area contributed by atoms with Gasteiger partial charge in [-0.1, -0.05) is 26.7 Å². The van der Waals surface area contributed by atoms with Gasteiger partial charge in [0.1, 0.15) is 5.75 Å². The molecule has 1 unspecified atom stereocenters. The number of carbonyl (C=O) groups excluding carboxylic acids is 1. The maximum Gasteiger partial charge on any atom is 0.314 e. The second kappa shape index (κ2) is 7.50. The van der Waals surface area contributed by atoms with Crippen LogP contribution in [0.5, 0.6) is 5.75 Å². The quantitative estimate of drug-likeness (QED) is 0.567. The number of benzene rings is 1. The Kier molecular flexibility index (Phi) is 5.93. The third-order valence-corrected chi connectivity index (χ3v) is 2.93. The summed E-state index contributed by atoms with van der Waals surface area (Å²) in [5.41, 5.74) is 0.563. The number of hydrogen-bond acceptors (Lipinski definition) is 3. The molecule has 3 nitrogen and oxygen atoms in total. The molecular formula is C15H19NO2. The summed E-state index contributed by atoms with van der Waals surface area (Å²) in [5, 5.41) is 8.68. The van der Waals surface area contributed by atoms with Crippen molar-refractivity contribution in [3.8, 4) is 11.8 Å². The van der Waals surface area contributed by atoms with E-state index in [1.54, 1.807) is 24.3 Å². The zero-order chi connectivity index (χ0) is 13.4. The second-order valence-corrected chi connectivity index (χ2v) is 4.30. The minimum Gasteiger partial charge on any atom is -0.426 e. The van der Waals surface area contributed by atoms with Crippen LogP contribution in [0.25, 0.3) is 0 Å². The predicted octanol–water partition coefficient (Wildman–Crippen LogP) is 3.68. The number of carbonyl (C=O) groups is 1. The largest absolute Gasteiger partial charge is 0.426 e. The molecule has 0 aliphatic rings. The van der Waals surface area contributed by atoms with Crippen LogP contribution in [0.4, 0.5) is 0 Å². The summed E-state index contributed by atoms with van der Waals surface area (Å²) in [7, 11) is 0. The number of hydrogen-bond donors (Lipinski definition) is 0. The molecule has 1 aromatic carbocycles. The number of rotatable bonds is 6. The Labute approximate surface area is 108 Å². The van der Waals surface area contributed by atoms with Crippen molar-refractivity contribution in [1.82, 2.24) is 0 Å². The van der Waals surface area contributed by atoms with Crippen molar-refractivity contribution in [2.75, 3.05) is 0 Å². The third-order valence-electron chi connectivity index (χ3n) is 2.93. The Morgan fingerprint density at radius 2 is 2.00 bits per heavy atom. The molecule has 0 heterocycles. The van der Waals surface area contributed by atoms with Gasteiger partial charge in [-0.25, -0.2) is 0 Å². The SMILES string of the molecule is CCCCC(CC)C(=O)Oc1ccc(C#N)cc1. The molecular weight excluding hydrogens is 226 g/mol. The van der Waals surface area contributed by atoms with Gasteiger partial charge in [0, 0.05) is 0 Å². The van der Waals surface area contributed by atoms with Crippen molar-refractivity contribution in [2.45, 2.75) is 39.5 Å². The lowest BCUT2D eigenvalue weighted by atomic mass is 10.00. The van der Waals surface area contributed by atoms with Crippen LogP contribution >= 0.6 is 0 Å². The second-order valence-electron chi connectivity index (χ2n) is 4.30. The van der Waals surface area contributed by atoms with Gasteiger partial charge < -0.3 is 4.74 Å². The third kappa shape index (κ3) is 4.21. The van der Waals surface area contributed by atoms with E-state index in [4.69, 9.17) is 10.00 Å². The van der Waals surface area contributed by atoms with Gasteiger partial charge in [0.05, 0.1) is 17.6 Å². The highest BCUT2D eigenvalue weighted by Gasteiger charge is 2.17. The minimum atomic E-state index is -0.171. The van der Waals surface area contributed by atoms with Crippen molar-refractivity contribution < 1.29 is 9.53 Å². The maximum absolute atomic E-state index is 11.9. The van der Waals surface area contributed by atoms with Crippen molar-refractivity contribution in [1.29, 1.82) is 5.26 Å². The number of esters is 1. The summed E-state index contributed by atoms with van der Waals surface area (Å²) in [6.45, 7) is 4.11. The number of unbranched alkanes of at least 4 members (excludes halogenated alkanes) is 1. The first kappa shape index (κ1) is 14.2. The van der Waals surface area contributed by atoms with Crippen LogP contribution in [0.15, 0.2) is 24.3 Å². The molecule has 0 aromatic heterocycles. The Morgan fingerprint density at radius 3 is 2.50 bits per heavy atom. The normalized spacial score (nSPS) is 11.6. The van der Waals surface area contributed by atoms with Crippen molar-refractivity contribution in [3.63, 3.8) is 0 Å². The number of nitriles is 1. The molecule has 0 aliphatic carbocycles. The molecule has 0 bridgehead atoms. The Bertz CT molecular complexity index is 417. The Hall–Kier alpha value is -1.82. The molecule has 18 heavy (non-hydrogen) atoms. The molecule has 0 saturated heterocycles. The molecule has 0 radical (unpaired) electrons. The van der Waals surface area contributed by atoms with Crippen LogP contribution in [-0.2, 0) is 4.79 Å². The zero-order valence-corrected chi connectivity index (χ0v) is 11.0. The van der Waals surface area contributed by atoms with Crippen LogP contribution in [0.1, 0.15) is 45.1 Å². The van der Waals surface area contributed by atoms with Crippen LogP contribution < -0.4 is 4.74 Å². The molecule has 1 rings (SSSR count). The molecule has 0 fully saturated rings. The first-order valence-corrected chi connectivity index (χ1v) is 6.43. The fraction of sp³-hybridized carbons (Fsp3) is 0.467. The smallest absolute Gasteiger partial charge is 0.314 e. The minimum absolute atomic E-state index is 0.0272. The van der Waals surface area contributed by atoms with Gasteiger partial charge in [0.15, 0.2) is 0 Å². The summed E-state index contributed by atoms with van der Waals surface area (Å²) < 4.78 is 5.32. The van der Waals surface area contributed by atoms with Gasteiger partial charge in [-0.15, -0.1) is 0 Å². The number of ether oxygens (including phenoxy) is 1. The van der Waals surface area contributed by atoms with Gasteiger partial charge in [0.2, 0.25) is 0 Å². The van der Waals surface area contributed by atoms with Crippen LogP contribution in [-0.4, -0.2) is 5.97 Å². The van der Waals surface area contributed by atoms with Gasteiger partial charge in [-0.05, 0) is 37.1 Å². The average molecular weight is 245 g/mol. The molecule has 0 saturated carbocycles. The lowest BCUT2D eigenvalue weighted by Gasteiger charge is -2.13. The lowest BCUT2D eigenvalue weighted by Crippen LogP contribution is -2.19. The first-order valence-electron chi connectivity index (χ1n) is 6.43. The van der Waals surface area contributed by atoms with Gasteiger partial charge >= 0.3 is 5.97 Å². The van der Waals surface area contributed by atoms with E-state index in [0.29, 0.717) is 11.3 Å². The van der Waals surface area contributed by atoms with Crippen molar-refractivity contribution >= 4 is 5.97 Å². The zero-order valence-electron chi connectivity index (χ0n) is 11.0. The summed E-state index contributed by atoms with van der Waals surface area (Å²) >= 11 is 0. The maximum atomic E-state index is 11.9. The highest BCUT2D eigenvalue weighted by molar-refractivity contribution is 5.75. The van der Waals surface area contributed by atoms with E-state index in [0.717, 1.165) is 25.7 Å². The van der Waals surface area contributed by atoms with E-state index in [1.165, 1.54) is 0 Å². The van der Waals surface area contributed by atoms with Crippen molar-refractivity contribution in [3.05, 3.63) is 29.8 Å². The molecule has 0 spiro atoms. The van der Waals surface area contributed by atoms with E-state index in [2.05, 4.69) is 6.92 Å². The van der Waals surface area contributed by atoms with Crippen molar-refractivity contribution in [2.24, 2.45) is 5.92 Å². The monoisotopic (exact) mass is 245 g/mol. The fourth-order valence-electron chi connectivity index (χ4n) is 1.74. The van der Waals surface area contributed by atoms with E-state index in [9.17, 15) is 4.79 Å². The van der Waals surface area contributed by atoms with E-state index in [-0.39, 0.29) is 11.9 Å². The van der Waals surface area contributed by atoms with Crippen LogP contribution in [0.3, 0.4) is 0 Å². The van der Waals surface area contributed by atoms with Gasteiger partial charge in [0.25, 0.3) is 0 Å². The molecule has 1 aromatic rings. The topological polar surface area (TPSA) is 50.1 Å². The molecule has 96 valence electrons. The molecule has 1 atom stereocenters. The van der Waals surface area contributed by atoms with Gasteiger partial charge in [-0.3, -0.25) is 4.79 Å². The standard InChI is InChI=1S/C15H19NO2/c1-3-5-6-13(4-2)15(17)18-14-9-7-12(11-16)8-10-14/h7-10,13H,3-6H2,1-2H3. The summed E-state index contributed by atoms with van der Waals surface area (Å²) in [6, 6.07) is 8.64. The Morgan fingerprint density at radius 1 is 1.33 bits per heavy atom. The molecule has 0 N–H and O–H groups in total. The van der Waals surface area contributed by atoms with E-state index >= 15 is 0 Å². The van der Waals surface area contributed by atoms with Gasteiger partial charge in [-0.2, -0.15) is 5.26 Å². The highest BCUT2D eigenvalue weighted by Crippen LogP contribution is 2.18. The molecule has 3 heteroatoms. The van der Waals surface area contributed by atoms with Crippen LogP contribution in [0, 0.1) is 17.2 Å². The summed E-state index contributed by atoms with van der Waals surface area (Å²) in [5.74, 6) is 0.310. The molecule has 0 aliphatic heterocycles. The Balaban J connectivity index is 2.59. The first-order chi connectivity index (χ1) is 8.71. The summed E-state index contributed by atoms with van der Waals surface area (Å²) in [6.07, 6.45) is 3.80. The number of nitrogens with zero attached hydrogens (tertiary/aromatic N) is 1. The summed E-state index contributed by atoms with van der Waals surface area (Å²) in [4.78, 5) is 11.9. The fourth-order valence-corrected chi connectivity index (χ4v) is 1.74. The van der Waals surface area contributed by atoms with E-state index in [1.807, 2.05) is 13.0 Å². The highest BCUT2D eigenvalue weighted by atomic mass is 16.5. The predicted molar refractivity (Wildman–Crippen MR) is 70.1 cm³/mol. The van der Waals surface area contributed by atoms with Crippen LogP contribution in [0.2, 0.25) is 0 Å². The average Bonchev–Trinajstić information content (AvgIpc) is 2.40. The van der Waals surface area contributed by atoms with E-state index < -0.39 is 0 Å². The lowest BCUT2D eigenvalue weighted by molar-refractivity contribution is -0.139. The molecule has 0 amide bonds.